The fraction of sp³-hybridized carbons (Fsp3) is 0.296. The molecule has 0 radical (unpaired) electrons. The maximum atomic E-state index is 12.8. The van der Waals surface area contributed by atoms with Crippen LogP contribution in [-0.4, -0.2) is 37.0 Å². The normalized spacial score (nSPS) is 19.4. The van der Waals surface area contributed by atoms with Gasteiger partial charge in [-0.05, 0) is 67.2 Å². The summed E-state index contributed by atoms with van der Waals surface area (Å²) in [7, 11) is 0. The summed E-state index contributed by atoms with van der Waals surface area (Å²) in [5, 5.41) is 3.20. The third-order valence-electron chi connectivity index (χ3n) is 6.81. The molecular formula is C27H30N4O. The van der Waals surface area contributed by atoms with Gasteiger partial charge in [0, 0.05) is 18.8 Å². The van der Waals surface area contributed by atoms with Gasteiger partial charge in [0.1, 0.15) is 6.17 Å². The molecule has 0 bridgehead atoms. The monoisotopic (exact) mass is 426 g/mol. The van der Waals surface area contributed by atoms with Crippen LogP contribution in [0.1, 0.15) is 46.4 Å². The van der Waals surface area contributed by atoms with E-state index in [2.05, 4.69) is 51.5 Å². The molecule has 1 unspecified atom stereocenters. The Morgan fingerprint density at radius 2 is 1.50 bits per heavy atom. The molecule has 2 aliphatic heterocycles. The Balaban J connectivity index is 1.30. The smallest absolute Gasteiger partial charge is 0.255 e. The lowest BCUT2D eigenvalue weighted by Crippen LogP contribution is -2.49. The maximum absolute atomic E-state index is 12.8. The van der Waals surface area contributed by atoms with Crippen LogP contribution in [0.15, 0.2) is 78.9 Å². The highest BCUT2D eigenvalue weighted by Gasteiger charge is 2.32. The number of nitrogens with two attached hydrogens (primary N) is 1. The molecule has 5 rings (SSSR count). The Bertz CT molecular complexity index is 1060. The number of anilines is 2. The molecule has 1 fully saturated rings. The number of hydrogen-bond donors (Lipinski definition) is 2. The SMILES string of the molecule is Nc1ccc(C2NC(=O)c3ccccc3N2CCN2CCC(c3ccccc3)CC2)cc1. The average molecular weight is 427 g/mol. The number of nitrogen functional groups attached to an aromatic ring is 1. The lowest BCUT2D eigenvalue weighted by atomic mass is 9.89. The number of para-hydroxylation sites is 1. The predicted octanol–water partition coefficient (Wildman–Crippen LogP) is 4.40. The van der Waals surface area contributed by atoms with Crippen molar-refractivity contribution in [3.8, 4) is 0 Å². The Labute approximate surface area is 189 Å². The third-order valence-corrected chi connectivity index (χ3v) is 6.81. The van der Waals surface area contributed by atoms with Crippen LogP contribution >= 0.6 is 0 Å². The van der Waals surface area contributed by atoms with Gasteiger partial charge in [-0.25, -0.2) is 0 Å². The zero-order valence-corrected chi connectivity index (χ0v) is 18.3. The van der Waals surface area contributed by atoms with Crippen LogP contribution in [0.2, 0.25) is 0 Å². The predicted molar refractivity (Wildman–Crippen MR) is 130 cm³/mol. The number of carbonyl (C=O) groups excluding carboxylic acids is 1. The van der Waals surface area contributed by atoms with Crippen molar-refractivity contribution >= 4 is 17.3 Å². The van der Waals surface area contributed by atoms with Gasteiger partial charge in [0.25, 0.3) is 5.91 Å². The molecule has 5 nitrogen and oxygen atoms in total. The van der Waals surface area contributed by atoms with E-state index in [1.54, 1.807) is 0 Å². The first kappa shape index (κ1) is 20.6. The number of nitrogens with one attached hydrogen (secondary N) is 1. The van der Waals surface area contributed by atoms with Crippen molar-refractivity contribution in [3.63, 3.8) is 0 Å². The Morgan fingerprint density at radius 1 is 0.812 bits per heavy atom. The number of fused-ring (bicyclic) bond motifs is 1. The summed E-state index contributed by atoms with van der Waals surface area (Å²) in [6.45, 7) is 4.03. The first-order valence-electron chi connectivity index (χ1n) is 11.5. The molecule has 164 valence electrons. The van der Waals surface area contributed by atoms with Crippen molar-refractivity contribution in [2.45, 2.75) is 24.9 Å². The molecule has 2 heterocycles. The molecule has 1 atom stereocenters. The quantitative estimate of drug-likeness (QED) is 0.594. The molecule has 32 heavy (non-hydrogen) atoms. The van der Waals surface area contributed by atoms with Crippen LogP contribution in [0, 0.1) is 0 Å². The van der Waals surface area contributed by atoms with Crippen molar-refractivity contribution in [2.24, 2.45) is 0 Å². The number of benzene rings is 3. The molecule has 3 aromatic rings. The largest absolute Gasteiger partial charge is 0.399 e. The van der Waals surface area contributed by atoms with Crippen LogP contribution in [-0.2, 0) is 0 Å². The molecule has 1 saturated heterocycles. The van der Waals surface area contributed by atoms with Gasteiger partial charge in [0.05, 0.1) is 11.3 Å². The van der Waals surface area contributed by atoms with E-state index in [0.717, 1.165) is 48.7 Å². The van der Waals surface area contributed by atoms with Gasteiger partial charge in [-0.2, -0.15) is 0 Å². The Morgan fingerprint density at radius 3 is 2.25 bits per heavy atom. The number of piperidine rings is 1. The molecule has 0 saturated carbocycles. The highest BCUT2D eigenvalue weighted by molar-refractivity contribution is 6.02. The van der Waals surface area contributed by atoms with Crippen molar-refractivity contribution in [3.05, 3.63) is 95.6 Å². The minimum absolute atomic E-state index is 0.0256. The zero-order valence-electron chi connectivity index (χ0n) is 18.3. The van der Waals surface area contributed by atoms with Gasteiger partial charge in [-0.1, -0.05) is 54.6 Å². The number of nitrogens with zero attached hydrogens (tertiary/aromatic N) is 2. The lowest BCUT2D eigenvalue weighted by molar-refractivity contribution is 0.0925. The van der Waals surface area contributed by atoms with Crippen LogP contribution in [0.5, 0.6) is 0 Å². The van der Waals surface area contributed by atoms with Gasteiger partial charge in [-0.15, -0.1) is 0 Å². The van der Waals surface area contributed by atoms with E-state index in [-0.39, 0.29) is 12.1 Å². The van der Waals surface area contributed by atoms with E-state index in [1.165, 1.54) is 18.4 Å². The summed E-state index contributed by atoms with van der Waals surface area (Å²) in [5.74, 6) is 0.632. The second-order valence-corrected chi connectivity index (χ2v) is 8.78. The fourth-order valence-electron chi connectivity index (χ4n) is 4.99. The van der Waals surface area contributed by atoms with Gasteiger partial charge < -0.3 is 20.9 Å². The van der Waals surface area contributed by atoms with Crippen LogP contribution in [0.25, 0.3) is 0 Å². The number of likely N-dealkylation sites (tertiary alicyclic amines) is 1. The number of carbonyl (C=O) groups is 1. The van der Waals surface area contributed by atoms with Gasteiger partial charge in [0.15, 0.2) is 0 Å². The van der Waals surface area contributed by atoms with E-state index < -0.39 is 0 Å². The maximum Gasteiger partial charge on any atom is 0.255 e. The highest BCUT2D eigenvalue weighted by Crippen LogP contribution is 2.33. The van der Waals surface area contributed by atoms with Gasteiger partial charge in [-0.3, -0.25) is 4.79 Å². The van der Waals surface area contributed by atoms with Crippen molar-refractivity contribution in [2.75, 3.05) is 36.8 Å². The van der Waals surface area contributed by atoms with E-state index in [9.17, 15) is 4.79 Å². The second kappa shape index (κ2) is 9.05. The summed E-state index contributed by atoms with van der Waals surface area (Å²) in [5.41, 5.74) is 10.9. The molecule has 5 heteroatoms. The minimum atomic E-state index is -0.195. The zero-order chi connectivity index (χ0) is 21.9. The second-order valence-electron chi connectivity index (χ2n) is 8.78. The standard InChI is InChI=1S/C27H30N4O/c28-23-12-10-22(11-13-23)26-29-27(32)24-8-4-5-9-25(24)31(26)19-18-30-16-14-21(15-17-30)20-6-2-1-3-7-20/h1-13,21,26H,14-19,28H2,(H,29,32). The molecule has 0 aliphatic carbocycles. The third kappa shape index (κ3) is 4.21. The molecule has 0 spiro atoms. The summed E-state index contributed by atoms with van der Waals surface area (Å²) in [6, 6.07) is 26.6. The molecular weight excluding hydrogens is 396 g/mol. The summed E-state index contributed by atoms with van der Waals surface area (Å²) in [4.78, 5) is 17.7. The summed E-state index contributed by atoms with van der Waals surface area (Å²) < 4.78 is 0. The first-order valence-corrected chi connectivity index (χ1v) is 11.5. The Kier molecular flexibility index (Phi) is 5.82. The lowest BCUT2D eigenvalue weighted by Gasteiger charge is -2.41. The topological polar surface area (TPSA) is 61.6 Å². The van der Waals surface area contributed by atoms with Crippen LogP contribution in [0.4, 0.5) is 11.4 Å². The van der Waals surface area contributed by atoms with Crippen molar-refractivity contribution in [1.82, 2.24) is 10.2 Å². The van der Waals surface area contributed by atoms with E-state index in [1.807, 2.05) is 42.5 Å². The number of rotatable bonds is 5. The molecule has 0 aromatic heterocycles. The Hall–Kier alpha value is -3.31. The van der Waals surface area contributed by atoms with Gasteiger partial charge in [0.2, 0.25) is 0 Å². The van der Waals surface area contributed by atoms with Crippen molar-refractivity contribution < 1.29 is 4.79 Å². The van der Waals surface area contributed by atoms with Crippen LogP contribution < -0.4 is 16.0 Å². The molecule has 3 aromatic carbocycles. The highest BCUT2D eigenvalue weighted by atomic mass is 16.2. The summed E-state index contributed by atoms with van der Waals surface area (Å²) in [6.07, 6.45) is 2.19. The first-order chi connectivity index (χ1) is 15.7. The van der Waals surface area contributed by atoms with E-state index in [4.69, 9.17) is 5.73 Å². The van der Waals surface area contributed by atoms with Crippen molar-refractivity contribution in [1.29, 1.82) is 0 Å². The van der Waals surface area contributed by atoms with Gasteiger partial charge >= 0.3 is 0 Å². The molecule has 1 amide bonds. The summed E-state index contributed by atoms with van der Waals surface area (Å²) >= 11 is 0. The van der Waals surface area contributed by atoms with E-state index in [0.29, 0.717) is 5.92 Å². The average Bonchev–Trinajstić information content (AvgIpc) is 2.85. The van der Waals surface area contributed by atoms with E-state index >= 15 is 0 Å². The molecule has 3 N–H and O–H groups in total. The fourth-order valence-corrected chi connectivity index (χ4v) is 4.99. The molecule has 2 aliphatic rings. The minimum Gasteiger partial charge on any atom is -0.399 e. The van der Waals surface area contributed by atoms with Crippen LogP contribution in [0.3, 0.4) is 0 Å². The number of hydrogen-bond acceptors (Lipinski definition) is 4. The number of amides is 1.